The van der Waals surface area contributed by atoms with Crippen LogP contribution >= 0.6 is 24.0 Å². The summed E-state index contributed by atoms with van der Waals surface area (Å²) in [5.41, 5.74) is 2.34. The Hall–Kier alpha value is -2.43. The molecule has 0 saturated carbocycles. The van der Waals surface area contributed by atoms with Gasteiger partial charge in [0.15, 0.2) is 5.96 Å². The second kappa shape index (κ2) is 9.32. The molecule has 2 aromatic heterocycles. The van der Waals surface area contributed by atoms with Gasteiger partial charge in [0, 0.05) is 39.2 Å². The number of nitrogens with zero attached hydrogens (tertiary/aromatic N) is 5. The fourth-order valence-electron chi connectivity index (χ4n) is 2.43. The van der Waals surface area contributed by atoms with Crippen molar-refractivity contribution >= 4 is 29.9 Å². The van der Waals surface area contributed by atoms with Crippen molar-refractivity contribution < 1.29 is 4.39 Å². The molecular formula is C17H21FIN7. The Kier molecular flexibility index (Phi) is 7.13. The van der Waals surface area contributed by atoms with Gasteiger partial charge >= 0.3 is 0 Å². The van der Waals surface area contributed by atoms with Gasteiger partial charge in [-0.2, -0.15) is 5.10 Å². The topological polar surface area (TPSA) is 72.1 Å². The zero-order chi connectivity index (χ0) is 17.6. The third kappa shape index (κ3) is 4.81. The maximum atomic E-state index is 14.3. The lowest BCUT2D eigenvalue weighted by atomic mass is 10.2. The van der Waals surface area contributed by atoms with Crippen molar-refractivity contribution in [2.75, 3.05) is 7.05 Å². The largest absolute Gasteiger partial charge is 0.352 e. The van der Waals surface area contributed by atoms with Crippen LogP contribution in [-0.4, -0.2) is 32.3 Å². The van der Waals surface area contributed by atoms with Crippen LogP contribution in [0.2, 0.25) is 0 Å². The summed E-state index contributed by atoms with van der Waals surface area (Å²) in [6, 6.07) is 7.06. The molecule has 0 saturated heterocycles. The molecule has 0 amide bonds. The van der Waals surface area contributed by atoms with Gasteiger partial charge in [0.05, 0.1) is 24.3 Å². The van der Waals surface area contributed by atoms with Crippen molar-refractivity contribution in [2.24, 2.45) is 12.0 Å². The average molecular weight is 469 g/mol. The number of aliphatic imine (C=N–C) groups is 1. The lowest BCUT2D eigenvalue weighted by Crippen LogP contribution is -2.36. The molecule has 3 aromatic rings. The molecule has 0 radical (unpaired) electrons. The highest BCUT2D eigenvalue weighted by Gasteiger charge is 2.06. The van der Waals surface area contributed by atoms with E-state index in [0.717, 1.165) is 11.3 Å². The lowest BCUT2D eigenvalue weighted by molar-refractivity contribution is 0.614. The average Bonchev–Trinajstić information content (AvgIpc) is 3.27. The van der Waals surface area contributed by atoms with Crippen molar-refractivity contribution in [3.8, 4) is 5.69 Å². The number of hydrogen-bond donors (Lipinski definition) is 2. The number of guanidine groups is 1. The Balaban J connectivity index is 0.00000243. The second-order valence-electron chi connectivity index (χ2n) is 5.48. The van der Waals surface area contributed by atoms with Crippen molar-refractivity contribution in [2.45, 2.75) is 13.1 Å². The van der Waals surface area contributed by atoms with Gasteiger partial charge in [-0.3, -0.25) is 9.67 Å². The highest BCUT2D eigenvalue weighted by Crippen LogP contribution is 2.14. The maximum absolute atomic E-state index is 14.3. The lowest BCUT2D eigenvalue weighted by Gasteiger charge is -2.13. The Labute approximate surface area is 168 Å². The first-order valence-electron chi connectivity index (χ1n) is 7.85. The van der Waals surface area contributed by atoms with E-state index in [1.807, 2.05) is 19.2 Å². The zero-order valence-electron chi connectivity index (χ0n) is 14.6. The first kappa shape index (κ1) is 19.9. The van der Waals surface area contributed by atoms with Gasteiger partial charge in [0.1, 0.15) is 5.82 Å². The monoisotopic (exact) mass is 469 g/mol. The molecule has 9 heteroatoms. The molecule has 0 aliphatic carbocycles. The minimum Gasteiger partial charge on any atom is -0.352 e. The van der Waals surface area contributed by atoms with E-state index in [9.17, 15) is 4.39 Å². The molecule has 0 atom stereocenters. The number of aryl methyl sites for hydroxylation is 1. The van der Waals surface area contributed by atoms with Crippen molar-refractivity contribution in [3.63, 3.8) is 0 Å². The summed E-state index contributed by atoms with van der Waals surface area (Å²) in [5, 5.41) is 10.5. The maximum Gasteiger partial charge on any atom is 0.191 e. The molecular weight excluding hydrogens is 448 g/mol. The number of rotatable bonds is 5. The molecule has 1 aromatic carbocycles. The summed E-state index contributed by atoms with van der Waals surface area (Å²) in [4.78, 5) is 8.11. The van der Waals surface area contributed by atoms with Crippen LogP contribution in [0, 0.1) is 5.82 Å². The van der Waals surface area contributed by atoms with Crippen molar-refractivity contribution in [3.05, 3.63) is 66.3 Å². The number of aromatic nitrogens is 4. The van der Waals surface area contributed by atoms with E-state index in [1.54, 1.807) is 47.3 Å². The molecule has 138 valence electrons. The van der Waals surface area contributed by atoms with Crippen LogP contribution in [0.1, 0.15) is 11.3 Å². The van der Waals surface area contributed by atoms with E-state index in [2.05, 4.69) is 25.7 Å². The van der Waals surface area contributed by atoms with Crippen LogP contribution in [0.5, 0.6) is 0 Å². The van der Waals surface area contributed by atoms with E-state index in [1.165, 1.54) is 6.07 Å². The predicted molar refractivity (Wildman–Crippen MR) is 109 cm³/mol. The Morgan fingerprint density at radius 2 is 2.00 bits per heavy atom. The SMILES string of the molecule is CN=C(NCc1ccc(-n2ccnc2)c(F)c1)NCc1ccnn1C.I. The Morgan fingerprint density at radius 3 is 2.62 bits per heavy atom. The normalized spacial score (nSPS) is 11.1. The first-order valence-corrected chi connectivity index (χ1v) is 7.85. The quantitative estimate of drug-likeness (QED) is 0.342. The van der Waals surface area contributed by atoms with Crippen LogP contribution in [0.25, 0.3) is 5.69 Å². The van der Waals surface area contributed by atoms with E-state index in [4.69, 9.17) is 0 Å². The Bertz CT molecular complexity index is 858. The predicted octanol–water partition coefficient (Wildman–Crippen LogP) is 2.23. The van der Waals surface area contributed by atoms with Gasteiger partial charge in [0.25, 0.3) is 0 Å². The molecule has 3 rings (SSSR count). The number of imidazole rings is 1. The van der Waals surface area contributed by atoms with Gasteiger partial charge in [-0.05, 0) is 23.8 Å². The van der Waals surface area contributed by atoms with Crippen LogP contribution in [0.3, 0.4) is 0 Å². The van der Waals surface area contributed by atoms with E-state index in [0.29, 0.717) is 24.7 Å². The van der Waals surface area contributed by atoms with Gasteiger partial charge in [-0.25, -0.2) is 9.37 Å². The molecule has 0 unspecified atom stereocenters. The van der Waals surface area contributed by atoms with Crippen LogP contribution < -0.4 is 10.6 Å². The second-order valence-corrected chi connectivity index (χ2v) is 5.48. The Morgan fingerprint density at radius 1 is 1.19 bits per heavy atom. The third-order valence-electron chi connectivity index (χ3n) is 3.84. The molecule has 0 spiro atoms. The van der Waals surface area contributed by atoms with Gasteiger partial charge in [0.2, 0.25) is 0 Å². The number of nitrogens with one attached hydrogen (secondary N) is 2. The minimum atomic E-state index is -0.296. The minimum absolute atomic E-state index is 0. The van der Waals surface area contributed by atoms with E-state index in [-0.39, 0.29) is 29.8 Å². The molecule has 2 heterocycles. The van der Waals surface area contributed by atoms with Gasteiger partial charge in [-0.1, -0.05) is 6.07 Å². The van der Waals surface area contributed by atoms with Gasteiger partial charge in [-0.15, -0.1) is 24.0 Å². The molecule has 0 fully saturated rings. The molecule has 0 bridgehead atoms. The van der Waals surface area contributed by atoms with Gasteiger partial charge < -0.3 is 15.2 Å². The van der Waals surface area contributed by atoms with E-state index >= 15 is 0 Å². The summed E-state index contributed by atoms with van der Waals surface area (Å²) >= 11 is 0. The molecule has 7 nitrogen and oxygen atoms in total. The van der Waals surface area contributed by atoms with Crippen LogP contribution in [0.15, 0.2) is 54.2 Å². The van der Waals surface area contributed by atoms with Crippen molar-refractivity contribution in [1.82, 2.24) is 30.0 Å². The van der Waals surface area contributed by atoms with Crippen LogP contribution in [-0.2, 0) is 20.1 Å². The van der Waals surface area contributed by atoms with Crippen LogP contribution in [0.4, 0.5) is 4.39 Å². The zero-order valence-corrected chi connectivity index (χ0v) is 16.9. The standard InChI is InChI=1S/C17H20FN7.HI/c1-19-17(22-11-14-5-6-23-24(14)2)21-10-13-3-4-16(15(18)9-13)25-8-7-20-12-25;/h3-9,12H,10-11H2,1-2H3,(H2,19,21,22);1H. The molecule has 2 N–H and O–H groups in total. The first-order chi connectivity index (χ1) is 12.2. The summed E-state index contributed by atoms with van der Waals surface area (Å²) < 4.78 is 17.7. The third-order valence-corrected chi connectivity index (χ3v) is 3.84. The number of benzene rings is 1. The smallest absolute Gasteiger partial charge is 0.191 e. The molecule has 0 aliphatic heterocycles. The summed E-state index contributed by atoms with van der Waals surface area (Å²) in [7, 11) is 3.58. The summed E-state index contributed by atoms with van der Waals surface area (Å²) in [5.74, 6) is 0.343. The number of halogens is 2. The summed E-state index contributed by atoms with van der Waals surface area (Å²) in [6.45, 7) is 1.07. The summed E-state index contributed by atoms with van der Waals surface area (Å²) in [6.07, 6.45) is 6.64. The fourth-order valence-corrected chi connectivity index (χ4v) is 2.43. The molecule has 0 aliphatic rings. The van der Waals surface area contributed by atoms with E-state index < -0.39 is 0 Å². The highest BCUT2D eigenvalue weighted by molar-refractivity contribution is 14.0. The fraction of sp³-hybridized carbons (Fsp3) is 0.235. The molecule has 26 heavy (non-hydrogen) atoms. The van der Waals surface area contributed by atoms with Crippen molar-refractivity contribution in [1.29, 1.82) is 0 Å². The number of hydrogen-bond acceptors (Lipinski definition) is 3. The highest BCUT2D eigenvalue weighted by atomic mass is 127.